The predicted octanol–water partition coefficient (Wildman–Crippen LogP) is 7.49. The monoisotopic (exact) mass is 520 g/mol. The molecule has 210 valence electrons. The van der Waals surface area contributed by atoms with Gasteiger partial charge in [-0.25, -0.2) is 0 Å². The first-order valence-electron chi connectivity index (χ1n) is 14.5. The summed E-state index contributed by atoms with van der Waals surface area (Å²) < 4.78 is 23.5. The van der Waals surface area contributed by atoms with Crippen LogP contribution in [0.4, 0.5) is 0 Å². The van der Waals surface area contributed by atoms with E-state index in [-0.39, 0.29) is 11.5 Å². The maximum atomic E-state index is 12.6. The Kier molecular flexibility index (Phi) is 13.7. The summed E-state index contributed by atoms with van der Waals surface area (Å²) in [5, 5.41) is 11.0. The molecule has 1 N–H and O–H groups in total. The number of phenolic OH excluding ortho intramolecular Hbond substituents is 1. The van der Waals surface area contributed by atoms with E-state index in [1.165, 1.54) is 25.7 Å². The van der Waals surface area contributed by atoms with Crippen LogP contribution in [0.15, 0.2) is 6.07 Å². The molecule has 7 nitrogen and oxygen atoms in total. The molecule has 1 aromatic carbocycles. The van der Waals surface area contributed by atoms with Crippen molar-refractivity contribution in [3.8, 4) is 17.2 Å². The predicted molar refractivity (Wildman–Crippen MR) is 144 cm³/mol. The average molecular weight is 521 g/mol. The minimum atomic E-state index is -1.56. The van der Waals surface area contributed by atoms with Crippen molar-refractivity contribution >= 4 is 11.9 Å². The highest BCUT2D eigenvalue weighted by molar-refractivity contribution is 5.93. The molecule has 0 aromatic heterocycles. The number of carbonyl (C=O) groups excluding carboxylic acids is 2. The fraction of sp³-hybridized carbons (Fsp3) is 0.733. The Morgan fingerprint density at radius 3 is 1.89 bits per heavy atom. The normalized spacial score (nSPS) is 14.8. The number of esters is 2. The number of phenols is 1. The number of cyclic esters (lactones) is 2. The van der Waals surface area contributed by atoms with Crippen LogP contribution in [0.5, 0.6) is 17.2 Å². The number of hydrogen-bond donors (Lipinski definition) is 1. The van der Waals surface area contributed by atoms with E-state index >= 15 is 0 Å². The maximum absolute atomic E-state index is 12.6. The Hall–Kier alpha value is -2.44. The number of carbonyl (C=O) groups is 2. The largest absolute Gasteiger partial charge is 0.502 e. The summed E-state index contributed by atoms with van der Waals surface area (Å²) in [6.07, 6.45) is 13.4. The molecular weight excluding hydrogens is 472 g/mol. The van der Waals surface area contributed by atoms with Crippen LogP contribution in [0, 0.1) is 0 Å². The fourth-order valence-corrected chi connectivity index (χ4v) is 4.96. The van der Waals surface area contributed by atoms with Crippen LogP contribution in [0.1, 0.15) is 129 Å². The molecular formula is C30H48O7. The molecule has 2 rings (SSSR count). The third-order valence-corrected chi connectivity index (χ3v) is 6.81. The smallest absolute Gasteiger partial charge is 0.320 e. The van der Waals surface area contributed by atoms with E-state index in [0.29, 0.717) is 42.9 Å². The summed E-state index contributed by atoms with van der Waals surface area (Å²) in [6.45, 7) is 8.73. The standard InChI is InChI=1S/C30H48O7/c1-5-9-11-13-15-17-19-23-24(21-25(34-7-3)28(33)29(23)35-8-4)30(20-18-16-14-12-10-6-2)36-26(31)22-27(32)37-30/h21,33H,5-20,22H2,1-4H3. The molecule has 1 saturated heterocycles. The number of aromatic hydroxyl groups is 1. The molecule has 0 unspecified atom stereocenters. The Labute approximate surface area is 223 Å². The second kappa shape index (κ2) is 16.4. The van der Waals surface area contributed by atoms with Crippen molar-refractivity contribution in [1.29, 1.82) is 0 Å². The van der Waals surface area contributed by atoms with Gasteiger partial charge in [-0.15, -0.1) is 0 Å². The summed E-state index contributed by atoms with van der Waals surface area (Å²) in [7, 11) is 0. The van der Waals surface area contributed by atoms with E-state index in [4.69, 9.17) is 18.9 Å². The van der Waals surface area contributed by atoms with Crippen molar-refractivity contribution in [3.63, 3.8) is 0 Å². The van der Waals surface area contributed by atoms with E-state index in [2.05, 4.69) is 13.8 Å². The first-order valence-corrected chi connectivity index (χ1v) is 14.5. The Bertz CT molecular complexity index is 833. The lowest BCUT2D eigenvalue weighted by Crippen LogP contribution is -2.43. The summed E-state index contributed by atoms with van der Waals surface area (Å²) in [4.78, 5) is 25.1. The lowest BCUT2D eigenvalue weighted by atomic mass is 9.89. The van der Waals surface area contributed by atoms with Crippen molar-refractivity contribution in [3.05, 3.63) is 17.2 Å². The highest BCUT2D eigenvalue weighted by Gasteiger charge is 2.47. The van der Waals surface area contributed by atoms with Gasteiger partial charge in [0.15, 0.2) is 11.5 Å². The van der Waals surface area contributed by atoms with Gasteiger partial charge in [-0.2, -0.15) is 0 Å². The van der Waals surface area contributed by atoms with E-state index in [1.54, 1.807) is 6.07 Å². The van der Waals surface area contributed by atoms with Crippen LogP contribution in [-0.4, -0.2) is 30.3 Å². The number of benzene rings is 1. The van der Waals surface area contributed by atoms with Gasteiger partial charge in [0.25, 0.3) is 5.79 Å². The molecule has 1 fully saturated rings. The molecule has 0 spiro atoms. The van der Waals surface area contributed by atoms with Gasteiger partial charge in [0, 0.05) is 17.5 Å². The van der Waals surface area contributed by atoms with E-state index in [0.717, 1.165) is 51.4 Å². The molecule has 0 amide bonds. The van der Waals surface area contributed by atoms with Crippen LogP contribution < -0.4 is 9.47 Å². The molecule has 1 aliphatic heterocycles. The summed E-state index contributed by atoms with van der Waals surface area (Å²) in [5.74, 6) is -2.28. The van der Waals surface area contributed by atoms with Crippen molar-refractivity contribution in [1.82, 2.24) is 0 Å². The number of rotatable bonds is 19. The molecule has 0 aliphatic carbocycles. The lowest BCUT2D eigenvalue weighted by Gasteiger charge is -2.38. The minimum Gasteiger partial charge on any atom is -0.502 e. The van der Waals surface area contributed by atoms with E-state index < -0.39 is 24.1 Å². The van der Waals surface area contributed by atoms with Gasteiger partial charge in [0.2, 0.25) is 5.75 Å². The molecule has 1 aromatic rings. The van der Waals surface area contributed by atoms with Crippen molar-refractivity contribution in [2.24, 2.45) is 0 Å². The van der Waals surface area contributed by atoms with Crippen molar-refractivity contribution < 1.29 is 33.6 Å². The topological polar surface area (TPSA) is 91.3 Å². The van der Waals surface area contributed by atoms with Gasteiger partial charge in [-0.3, -0.25) is 9.59 Å². The zero-order chi connectivity index (χ0) is 27.1. The van der Waals surface area contributed by atoms with Crippen molar-refractivity contribution in [2.45, 2.75) is 130 Å². The highest BCUT2D eigenvalue weighted by Crippen LogP contribution is 2.49. The van der Waals surface area contributed by atoms with Crippen LogP contribution in [0.25, 0.3) is 0 Å². The van der Waals surface area contributed by atoms with Gasteiger partial charge in [0.1, 0.15) is 6.42 Å². The molecule has 0 atom stereocenters. The third-order valence-electron chi connectivity index (χ3n) is 6.81. The number of hydrogen-bond acceptors (Lipinski definition) is 7. The first-order chi connectivity index (χ1) is 17.9. The molecule has 37 heavy (non-hydrogen) atoms. The average Bonchev–Trinajstić information content (AvgIpc) is 2.86. The lowest BCUT2D eigenvalue weighted by molar-refractivity contribution is -0.253. The van der Waals surface area contributed by atoms with Gasteiger partial charge in [0.05, 0.1) is 13.2 Å². The summed E-state index contributed by atoms with van der Waals surface area (Å²) in [6, 6.07) is 1.68. The second-order valence-corrected chi connectivity index (χ2v) is 9.86. The molecule has 0 saturated carbocycles. The number of ether oxygens (including phenoxy) is 4. The highest BCUT2D eigenvalue weighted by atomic mass is 16.7. The maximum Gasteiger partial charge on any atom is 0.320 e. The van der Waals surface area contributed by atoms with Crippen molar-refractivity contribution in [2.75, 3.05) is 13.2 Å². The van der Waals surface area contributed by atoms with Crippen LogP contribution in [-0.2, 0) is 31.3 Å². The molecule has 7 heteroatoms. The molecule has 1 heterocycles. The summed E-state index contributed by atoms with van der Waals surface area (Å²) in [5.41, 5.74) is 1.26. The Balaban J connectivity index is 2.48. The second-order valence-electron chi connectivity index (χ2n) is 9.86. The zero-order valence-corrected chi connectivity index (χ0v) is 23.5. The number of unbranched alkanes of at least 4 members (excludes halogenated alkanes) is 10. The first kappa shape index (κ1) is 30.8. The summed E-state index contributed by atoms with van der Waals surface area (Å²) >= 11 is 0. The van der Waals surface area contributed by atoms with Crippen LogP contribution >= 0.6 is 0 Å². The minimum absolute atomic E-state index is 0.0726. The molecule has 0 radical (unpaired) electrons. The molecule has 1 aliphatic rings. The van der Waals surface area contributed by atoms with E-state index in [1.807, 2.05) is 13.8 Å². The SMILES string of the molecule is CCCCCCCCc1c(C2(CCCCCCCC)OC(=O)CC(=O)O2)cc(OCC)c(O)c1OCC. The van der Waals surface area contributed by atoms with Crippen LogP contribution in [0.3, 0.4) is 0 Å². The zero-order valence-electron chi connectivity index (χ0n) is 23.5. The fourth-order valence-electron chi connectivity index (χ4n) is 4.96. The van der Waals surface area contributed by atoms with Crippen LogP contribution in [0.2, 0.25) is 0 Å². The third kappa shape index (κ3) is 9.11. The quantitative estimate of drug-likeness (QED) is 0.115. The van der Waals surface area contributed by atoms with Gasteiger partial charge in [-0.1, -0.05) is 78.1 Å². The molecule has 0 bridgehead atoms. The van der Waals surface area contributed by atoms with Gasteiger partial charge < -0.3 is 24.1 Å². The van der Waals surface area contributed by atoms with Gasteiger partial charge in [-0.05, 0) is 39.2 Å². The van der Waals surface area contributed by atoms with Gasteiger partial charge >= 0.3 is 11.9 Å². The Morgan fingerprint density at radius 2 is 1.32 bits per heavy atom. The van der Waals surface area contributed by atoms with E-state index in [9.17, 15) is 14.7 Å². The Morgan fingerprint density at radius 1 is 0.784 bits per heavy atom.